The third-order valence-corrected chi connectivity index (χ3v) is 12.8. The van der Waals surface area contributed by atoms with Crippen LogP contribution in [-0.2, 0) is 25.8 Å². The Hall–Kier alpha value is -3.32. The van der Waals surface area contributed by atoms with Crippen LogP contribution in [0.25, 0.3) is 5.69 Å². The largest absolute Gasteiger partial charge is 0.495 e. The summed E-state index contributed by atoms with van der Waals surface area (Å²) in [5, 5.41) is 0.821. The lowest BCUT2D eigenvalue weighted by Crippen LogP contribution is -2.48. The zero-order chi connectivity index (χ0) is 37.6. The molecule has 0 aliphatic heterocycles. The molecule has 1 aromatic heterocycles. The fourth-order valence-electron chi connectivity index (χ4n) is 6.23. The fourth-order valence-corrected chi connectivity index (χ4v) is 8.73. The van der Waals surface area contributed by atoms with E-state index in [4.69, 9.17) is 16.3 Å². The number of methoxy groups -OCH3 is 1. The maximum atomic E-state index is 15.4. The Balaban J connectivity index is 1.54. The monoisotopic (exact) mass is 764 g/mol. The third-order valence-electron chi connectivity index (χ3n) is 9.85. The molecule has 0 aliphatic rings. The van der Waals surface area contributed by atoms with Gasteiger partial charge in [-0.05, 0) is 87.7 Å². The minimum Gasteiger partial charge on any atom is -0.495 e. The maximum absolute atomic E-state index is 15.4. The number of aromatic nitrogens is 2. The first kappa shape index (κ1) is 40.5. The van der Waals surface area contributed by atoms with E-state index in [0.717, 1.165) is 66.5 Å². The van der Waals surface area contributed by atoms with Gasteiger partial charge in [-0.15, -0.1) is 0 Å². The third kappa shape index (κ3) is 9.38. The van der Waals surface area contributed by atoms with Gasteiger partial charge in [0, 0.05) is 28.8 Å². The van der Waals surface area contributed by atoms with Crippen LogP contribution in [0.4, 0.5) is 13.2 Å². The zero-order valence-corrected chi connectivity index (χ0v) is 32.3. The summed E-state index contributed by atoms with van der Waals surface area (Å²) < 4.78 is 79.0. The minimum absolute atomic E-state index is 0.0844. The molecule has 0 N–H and O–H groups in total. The second kappa shape index (κ2) is 17.0. The first-order valence-corrected chi connectivity index (χ1v) is 20.0. The summed E-state index contributed by atoms with van der Waals surface area (Å²) >= 11 is 7.32. The highest BCUT2D eigenvalue weighted by molar-refractivity contribution is 7.98. The Morgan fingerprint density at radius 3 is 2.18 bits per heavy atom. The van der Waals surface area contributed by atoms with Gasteiger partial charge in [0.2, 0.25) is 0 Å². The van der Waals surface area contributed by atoms with Crippen molar-refractivity contribution in [3.63, 3.8) is 0 Å². The Bertz CT molecular complexity index is 1910. The average Bonchev–Trinajstić information content (AvgIpc) is 3.53. The number of ether oxygens (including phenoxy) is 1. The number of ketones is 1. The van der Waals surface area contributed by atoms with Crippen LogP contribution in [0.3, 0.4) is 0 Å². The van der Waals surface area contributed by atoms with Crippen molar-refractivity contribution in [2.24, 2.45) is 0 Å². The molecule has 7 nitrogen and oxygen atoms in total. The molecule has 0 aliphatic carbocycles. The first-order chi connectivity index (χ1) is 24.1. The molecule has 51 heavy (non-hydrogen) atoms. The highest BCUT2D eigenvalue weighted by Crippen LogP contribution is 2.39. The number of carbonyl (C=O) groups excluding carboxylic acids is 1. The number of Topliss-reactive ketones (excluding diaryl/α,β-unsaturated/α-hetero) is 1. The van der Waals surface area contributed by atoms with Gasteiger partial charge >= 0.3 is 0 Å². The van der Waals surface area contributed by atoms with Crippen molar-refractivity contribution in [3.8, 4) is 11.4 Å². The molecule has 4 rings (SSSR count). The van der Waals surface area contributed by atoms with Gasteiger partial charge in [-0.3, -0.25) is 9.36 Å². The number of carbonyl (C=O) groups is 1. The van der Waals surface area contributed by atoms with Gasteiger partial charge in [0.25, 0.3) is 0 Å². The van der Waals surface area contributed by atoms with E-state index in [0.29, 0.717) is 33.7 Å². The van der Waals surface area contributed by atoms with E-state index in [9.17, 15) is 17.6 Å². The van der Waals surface area contributed by atoms with Crippen LogP contribution in [-0.4, -0.2) is 67.3 Å². The molecule has 1 heterocycles. The van der Waals surface area contributed by atoms with Crippen LogP contribution in [0.1, 0.15) is 70.7 Å². The predicted molar refractivity (Wildman–Crippen MR) is 197 cm³/mol. The van der Waals surface area contributed by atoms with Crippen LogP contribution in [0.2, 0.25) is 5.02 Å². The number of halogens is 4. The SMILES string of the molecule is CC[N+](CC)(CC)CCCCC(=O)CS(=O)(=O)c1cc(F)c(CSc2ncc(C(C)(C)c3ccc(Cl)c(OC)c3)n2-c2ccc(F)cc2)c(F)c1. The van der Waals surface area contributed by atoms with Gasteiger partial charge in [-0.25, -0.2) is 26.6 Å². The van der Waals surface area contributed by atoms with Crippen molar-refractivity contribution >= 4 is 39.0 Å². The van der Waals surface area contributed by atoms with Crippen molar-refractivity contribution in [2.45, 2.75) is 75.1 Å². The Kier molecular flexibility index (Phi) is 13.5. The fraction of sp³-hybridized carbons (Fsp3) is 0.421. The molecular weight excluding hydrogens is 719 g/mol. The number of hydrogen-bond acceptors (Lipinski definition) is 6. The summed E-state index contributed by atoms with van der Waals surface area (Å²) in [4.78, 5) is 16.6. The number of nitrogens with zero attached hydrogens (tertiary/aromatic N) is 3. The van der Waals surface area contributed by atoms with Crippen molar-refractivity contribution < 1.29 is 35.6 Å². The number of benzene rings is 3. The van der Waals surface area contributed by atoms with E-state index >= 15 is 8.78 Å². The van der Waals surface area contributed by atoms with Gasteiger partial charge in [-0.1, -0.05) is 43.3 Å². The summed E-state index contributed by atoms with van der Waals surface area (Å²) in [6, 6.07) is 12.7. The normalized spacial score (nSPS) is 12.4. The van der Waals surface area contributed by atoms with Crippen molar-refractivity contribution in [2.75, 3.05) is 39.0 Å². The van der Waals surface area contributed by atoms with Gasteiger partial charge in [0.15, 0.2) is 15.0 Å². The Morgan fingerprint density at radius 1 is 0.961 bits per heavy atom. The standard InChI is InChI=1S/C38H46ClF3N3O4S2/c1-7-45(8-2,9-3)19-11-10-12-29(46)25-51(47,48)30-21-33(41)31(34(42)22-30)24-50-37-43-23-36(44(37)28-16-14-27(40)15-17-28)38(4,5)26-13-18-32(39)35(20-26)49-6/h13-18,20-23H,7-12,19,24-25H2,1-6H3/q+1. The molecule has 0 radical (unpaired) electrons. The second-order valence-electron chi connectivity index (χ2n) is 13.1. The number of quaternary nitrogens is 1. The number of rotatable bonds is 18. The number of unbranched alkanes of at least 4 members (excludes halogenated alkanes) is 1. The van der Waals surface area contributed by atoms with Crippen LogP contribution >= 0.6 is 23.4 Å². The molecule has 0 bridgehead atoms. The van der Waals surface area contributed by atoms with Crippen LogP contribution < -0.4 is 4.74 Å². The zero-order valence-electron chi connectivity index (χ0n) is 29.9. The van der Waals surface area contributed by atoms with Crippen LogP contribution in [0.5, 0.6) is 5.75 Å². The van der Waals surface area contributed by atoms with E-state index in [1.807, 2.05) is 26.0 Å². The highest BCUT2D eigenvalue weighted by Gasteiger charge is 2.31. The summed E-state index contributed by atoms with van der Waals surface area (Å²) in [6.45, 7) is 14.2. The topological polar surface area (TPSA) is 78.3 Å². The van der Waals surface area contributed by atoms with Gasteiger partial charge in [0.05, 0.1) is 55.1 Å². The highest BCUT2D eigenvalue weighted by atomic mass is 35.5. The van der Waals surface area contributed by atoms with Gasteiger partial charge in [0.1, 0.15) is 34.7 Å². The quantitative estimate of drug-likeness (QED) is 0.0572. The Labute approximate surface area is 308 Å². The summed E-state index contributed by atoms with van der Waals surface area (Å²) in [7, 11) is -2.74. The predicted octanol–water partition coefficient (Wildman–Crippen LogP) is 8.96. The molecule has 0 atom stereocenters. The van der Waals surface area contributed by atoms with Crippen LogP contribution in [0.15, 0.2) is 70.8 Å². The van der Waals surface area contributed by atoms with E-state index in [1.54, 1.807) is 29.0 Å². The van der Waals surface area contributed by atoms with E-state index in [1.165, 1.54) is 19.2 Å². The molecule has 276 valence electrons. The van der Waals surface area contributed by atoms with E-state index < -0.39 is 49.1 Å². The maximum Gasteiger partial charge on any atom is 0.185 e. The van der Waals surface area contributed by atoms with E-state index in [-0.39, 0.29) is 17.7 Å². The average molecular weight is 765 g/mol. The molecule has 0 fully saturated rings. The molecule has 13 heteroatoms. The summed E-state index contributed by atoms with van der Waals surface area (Å²) in [6.07, 6.45) is 3.07. The molecule has 3 aromatic carbocycles. The Morgan fingerprint density at radius 2 is 1.59 bits per heavy atom. The second-order valence-corrected chi connectivity index (χ2v) is 16.5. The minimum atomic E-state index is -4.27. The lowest BCUT2D eigenvalue weighted by Gasteiger charge is -2.35. The van der Waals surface area contributed by atoms with Crippen molar-refractivity contribution in [3.05, 3.63) is 100 Å². The van der Waals surface area contributed by atoms with Gasteiger partial charge < -0.3 is 9.22 Å². The molecule has 0 saturated carbocycles. The molecule has 0 spiro atoms. The first-order valence-electron chi connectivity index (χ1n) is 17.0. The number of imidazole rings is 1. The smallest absolute Gasteiger partial charge is 0.185 e. The lowest BCUT2D eigenvalue weighted by molar-refractivity contribution is -0.923. The lowest BCUT2D eigenvalue weighted by atomic mass is 9.81. The number of thioether (sulfide) groups is 1. The van der Waals surface area contributed by atoms with E-state index in [2.05, 4.69) is 25.8 Å². The number of hydrogen-bond donors (Lipinski definition) is 0. The summed E-state index contributed by atoms with van der Waals surface area (Å²) in [5.41, 5.74) is 1.10. The van der Waals surface area contributed by atoms with Gasteiger partial charge in [-0.2, -0.15) is 0 Å². The summed E-state index contributed by atoms with van der Waals surface area (Å²) in [5.74, 6) is -3.56. The molecule has 0 saturated heterocycles. The molecule has 0 amide bonds. The van der Waals surface area contributed by atoms with Crippen molar-refractivity contribution in [1.29, 1.82) is 0 Å². The molecule has 4 aromatic rings. The van der Waals surface area contributed by atoms with Crippen molar-refractivity contribution in [1.82, 2.24) is 9.55 Å². The number of sulfone groups is 1. The molecule has 0 unspecified atom stereocenters. The molecular formula is C38H46ClF3N3O4S2+. The van der Waals surface area contributed by atoms with Crippen LogP contribution in [0, 0.1) is 17.5 Å².